The number of piperazine rings is 1. The van der Waals surface area contributed by atoms with Crippen molar-refractivity contribution in [3.63, 3.8) is 0 Å². The fraction of sp³-hybridized carbons (Fsp3) is 0.417. The summed E-state index contributed by atoms with van der Waals surface area (Å²) in [6, 6.07) is 6.33. The van der Waals surface area contributed by atoms with Gasteiger partial charge in [0.15, 0.2) is 5.82 Å². The Morgan fingerprint density at radius 2 is 1.96 bits per heavy atom. The summed E-state index contributed by atoms with van der Waals surface area (Å²) in [6.45, 7) is 7.98. The van der Waals surface area contributed by atoms with Gasteiger partial charge in [0, 0.05) is 48.9 Å². The number of rotatable bonds is 5. The Morgan fingerprint density at radius 1 is 1.13 bits per heavy atom. The summed E-state index contributed by atoms with van der Waals surface area (Å²) in [4.78, 5) is 18.8. The first kappa shape index (κ1) is 29.1. The lowest BCUT2D eigenvalue weighted by Gasteiger charge is -2.36. The molecule has 3 atom stereocenters. The van der Waals surface area contributed by atoms with Crippen LogP contribution < -0.4 is 15.0 Å². The van der Waals surface area contributed by atoms with Crippen molar-refractivity contribution >= 4 is 27.5 Å². The highest BCUT2D eigenvalue weighted by atomic mass is 19.1. The number of aromatic nitrogens is 3. The van der Waals surface area contributed by atoms with Gasteiger partial charge < -0.3 is 20.1 Å². The van der Waals surface area contributed by atoms with E-state index < -0.39 is 11.6 Å². The van der Waals surface area contributed by atoms with Gasteiger partial charge in [0.2, 0.25) is 0 Å². The molecular formula is C36H36F2N6O2. The molecule has 4 aliphatic heterocycles. The number of phenolic OH excluding ortho intramolecular Hbond substituents is 1. The summed E-state index contributed by atoms with van der Waals surface area (Å²) in [5.74, 6) is 1.53. The van der Waals surface area contributed by atoms with Gasteiger partial charge in [-0.15, -0.1) is 6.42 Å². The molecule has 236 valence electrons. The van der Waals surface area contributed by atoms with Crippen LogP contribution in [0.25, 0.3) is 32.9 Å². The van der Waals surface area contributed by atoms with Gasteiger partial charge in [0.25, 0.3) is 0 Å². The summed E-state index contributed by atoms with van der Waals surface area (Å²) in [6.07, 6.45) is 14.7. The number of fused-ring (bicyclic) bond motifs is 5. The topological polar surface area (TPSA) is 86.6 Å². The number of terminal acetylenes is 1. The molecule has 0 amide bonds. The van der Waals surface area contributed by atoms with Gasteiger partial charge in [-0.2, -0.15) is 9.97 Å². The largest absolute Gasteiger partial charge is 0.508 e. The van der Waals surface area contributed by atoms with E-state index in [2.05, 4.69) is 37.6 Å². The quantitative estimate of drug-likeness (QED) is 0.217. The minimum atomic E-state index is -0.716. The molecular weight excluding hydrogens is 586 g/mol. The fourth-order valence-corrected chi connectivity index (χ4v) is 8.22. The number of ether oxygens (including phenoxy) is 1. The van der Waals surface area contributed by atoms with Crippen LogP contribution in [0.5, 0.6) is 11.8 Å². The van der Waals surface area contributed by atoms with Crippen molar-refractivity contribution in [3.05, 3.63) is 59.8 Å². The van der Waals surface area contributed by atoms with Crippen LogP contribution in [0.15, 0.2) is 42.6 Å². The molecule has 4 aliphatic rings. The third kappa shape index (κ3) is 4.84. The maximum atomic E-state index is 16.9. The van der Waals surface area contributed by atoms with Gasteiger partial charge in [-0.05, 0) is 62.2 Å². The zero-order valence-corrected chi connectivity index (χ0v) is 25.7. The summed E-state index contributed by atoms with van der Waals surface area (Å²) in [5, 5.41) is 15.4. The number of phenols is 1. The molecule has 6 heterocycles. The maximum absolute atomic E-state index is 16.9. The molecule has 0 radical (unpaired) electrons. The molecule has 0 spiro atoms. The first-order valence-corrected chi connectivity index (χ1v) is 16.2. The first-order chi connectivity index (χ1) is 22.3. The van der Waals surface area contributed by atoms with E-state index in [1.165, 1.54) is 36.3 Å². The SMILES string of the molecule is C#Cc1c(F)ccc2cc(O)cc(-c3ncc4c(N5CC6CCC(C5)N6)nc(OCC56CCCCCN5CC(=C)C6)nc4c3F)c12. The van der Waals surface area contributed by atoms with Gasteiger partial charge in [-0.3, -0.25) is 9.88 Å². The maximum Gasteiger partial charge on any atom is 0.319 e. The number of pyridine rings is 1. The molecule has 10 heteroatoms. The zero-order valence-electron chi connectivity index (χ0n) is 25.7. The lowest BCUT2D eigenvalue weighted by molar-refractivity contribution is 0.0717. The molecule has 4 saturated heterocycles. The Balaban J connectivity index is 1.27. The van der Waals surface area contributed by atoms with E-state index in [1.807, 2.05) is 0 Å². The number of aromatic hydroxyl groups is 1. The first-order valence-electron chi connectivity index (χ1n) is 16.2. The van der Waals surface area contributed by atoms with Crippen LogP contribution in [0, 0.1) is 24.0 Å². The Bertz CT molecular complexity index is 1930. The van der Waals surface area contributed by atoms with Crippen molar-refractivity contribution in [2.24, 2.45) is 0 Å². The molecule has 4 fully saturated rings. The molecule has 2 aromatic carbocycles. The molecule has 46 heavy (non-hydrogen) atoms. The van der Waals surface area contributed by atoms with Crippen molar-refractivity contribution < 1.29 is 18.6 Å². The minimum absolute atomic E-state index is 0.0251. The van der Waals surface area contributed by atoms with E-state index in [0.29, 0.717) is 40.7 Å². The van der Waals surface area contributed by atoms with Crippen LogP contribution in [-0.2, 0) is 0 Å². The highest BCUT2D eigenvalue weighted by Crippen LogP contribution is 2.41. The zero-order chi connectivity index (χ0) is 31.6. The standard InChI is InChI=1S/C36H36F2N6O2/c1-3-26-29(37)10-7-22-13-25(45)14-27(30(22)26)32-31(38)33-28(16-39-32)34(43-18-23-8-9-24(19-43)40-23)42-35(41-33)46-20-36-11-5-4-6-12-44(36)17-21(2)15-36/h1,7,10,13-14,16,23-24,40,45H,2,4-6,8-9,11-12,15,17-20H2. The van der Waals surface area contributed by atoms with E-state index in [-0.39, 0.29) is 39.6 Å². The molecule has 2 N–H and O–H groups in total. The molecule has 0 saturated carbocycles. The smallest absolute Gasteiger partial charge is 0.319 e. The number of nitrogens with one attached hydrogen (secondary N) is 1. The lowest BCUT2D eigenvalue weighted by Crippen LogP contribution is -2.51. The van der Waals surface area contributed by atoms with Crippen molar-refractivity contribution in [2.45, 2.75) is 62.6 Å². The van der Waals surface area contributed by atoms with Crippen molar-refractivity contribution in [2.75, 3.05) is 37.7 Å². The number of halogens is 2. The lowest BCUT2D eigenvalue weighted by atomic mass is 9.90. The van der Waals surface area contributed by atoms with Crippen LogP contribution in [0.3, 0.4) is 0 Å². The van der Waals surface area contributed by atoms with E-state index >= 15 is 4.39 Å². The average molecular weight is 623 g/mol. The minimum Gasteiger partial charge on any atom is -0.508 e. The highest BCUT2D eigenvalue weighted by Gasteiger charge is 2.44. The van der Waals surface area contributed by atoms with E-state index in [4.69, 9.17) is 16.1 Å². The van der Waals surface area contributed by atoms with Crippen LogP contribution in [0.1, 0.15) is 50.5 Å². The van der Waals surface area contributed by atoms with Gasteiger partial charge in [0.1, 0.15) is 35.2 Å². The van der Waals surface area contributed by atoms with Gasteiger partial charge >= 0.3 is 6.01 Å². The fourth-order valence-electron chi connectivity index (χ4n) is 8.22. The average Bonchev–Trinajstić information content (AvgIpc) is 3.48. The molecule has 2 bridgehead atoms. The summed E-state index contributed by atoms with van der Waals surface area (Å²) in [5.41, 5.74) is 1.14. The Labute approximate surface area is 266 Å². The van der Waals surface area contributed by atoms with Crippen LogP contribution in [0.2, 0.25) is 0 Å². The Kier molecular flexibility index (Phi) is 7.07. The molecule has 8 nitrogen and oxygen atoms in total. The predicted octanol–water partition coefficient (Wildman–Crippen LogP) is 5.70. The molecule has 8 rings (SSSR count). The monoisotopic (exact) mass is 622 g/mol. The second-order valence-corrected chi connectivity index (χ2v) is 13.4. The van der Waals surface area contributed by atoms with E-state index in [0.717, 1.165) is 64.7 Å². The van der Waals surface area contributed by atoms with Crippen molar-refractivity contribution in [1.29, 1.82) is 0 Å². The molecule has 2 aromatic heterocycles. The number of hydrogen-bond donors (Lipinski definition) is 2. The number of nitrogens with zero attached hydrogens (tertiary/aromatic N) is 5. The van der Waals surface area contributed by atoms with E-state index in [1.54, 1.807) is 6.20 Å². The Morgan fingerprint density at radius 3 is 2.76 bits per heavy atom. The van der Waals surface area contributed by atoms with Gasteiger partial charge in [-0.25, -0.2) is 8.78 Å². The molecule has 3 unspecified atom stereocenters. The predicted molar refractivity (Wildman–Crippen MR) is 174 cm³/mol. The summed E-state index contributed by atoms with van der Waals surface area (Å²) < 4.78 is 38.2. The second kappa shape index (κ2) is 11.2. The van der Waals surface area contributed by atoms with E-state index in [9.17, 15) is 9.50 Å². The van der Waals surface area contributed by atoms with Gasteiger partial charge in [-0.1, -0.05) is 37.0 Å². The van der Waals surface area contributed by atoms with Crippen molar-refractivity contribution in [3.8, 4) is 35.4 Å². The molecule has 0 aliphatic carbocycles. The highest BCUT2D eigenvalue weighted by molar-refractivity contribution is 6.03. The number of hydrogen-bond acceptors (Lipinski definition) is 8. The second-order valence-electron chi connectivity index (χ2n) is 13.4. The third-order valence-electron chi connectivity index (χ3n) is 10.3. The summed E-state index contributed by atoms with van der Waals surface area (Å²) in [7, 11) is 0. The molecule has 4 aromatic rings. The Hall–Kier alpha value is -4.33. The normalized spacial score (nSPS) is 24.7. The number of benzene rings is 2. The van der Waals surface area contributed by atoms with Crippen LogP contribution >= 0.6 is 0 Å². The van der Waals surface area contributed by atoms with Crippen LogP contribution in [-0.4, -0.2) is 75.4 Å². The van der Waals surface area contributed by atoms with Crippen LogP contribution in [0.4, 0.5) is 14.6 Å². The number of anilines is 1. The summed E-state index contributed by atoms with van der Waals surface area (Å²) >= 11 is 0. The van der Waals surface area contributed by atoms with Gasteiger partial charge in [0.05, 0.1) is 16.5 Å². The van der Waals surface area contributed by atoms with Crippen molar-refractivity contribution in [1.82, 2.24) is 25.2 Å². The third-order valence-corrected chi connectivity index (χ3v) is 10.3.